The molecule has 9 heteroatoms. The van der Waals surface area contributed by atoms with Gasteiger partial charge in [-0.1, -0.05) is 0 Å². The van der Waals surface area contributed by atoms with E-state index in [4.69, 9.17) is 14.5 Å². The Bertz CT molecular complexity index is 199. The Hall–Kier alpha value is 0.411. The highest BCUT2D eigenvalue weighted by molar-refractivity contribution is 6.46. The quantitative estimate of drug-likeness (QED) is 0.513. The molecule has 0 aliphatic carbocycles. The SMILES string of the molecule is CO[N+]1(C)[SiH2][N+](C)(OC)[SiH2][N+](C)(OC)[SiH2]1. The Balaban J connectivity index is 2.92. The van der Waals surface area contributed by atoms with Gasteiger partial charge in [0.25, 0.3) is 0 Å². The highest BCUT2D eigenvalue weighted by Gasteiger charge is 2.58. The second-order valence-electron chi connectivity index (χ2n) is 4.86. The molecule has 0 bridgehead atoms. The zero-order chi connectivity index (χ0) is 11.7. The van der Waals surface area contributed by atoms with Gasteiger partial charge in [-0.15, -0.1) is 0 Å². The number of hydrogen-bond donors (Lipinski definition) is 0. The molecule has 0 unspecified atom stereocenters. The normalized spacial score (nSPS) is 51.6. The van der Waals surface area contributed by atoms with Crippen LogP contribution >= 0.6 is 0 Å². The van der Waals surface area contributed by atoms with Crippen LogP contribution in [0.3, 0.4) is 0 Å². The highest BCUT2D eigenvalue weighted by Crippen LogP contribution is 2.19. The fourth-order valence-corrected chi connectivity index (χ4v) is 18.1. The molecule has 1 aliphatic rings. The van der Waals surface area contributed by atoms with Gasteiger partial charge in [0.2, 0.25) is 0 Å². The van der Waals surface area contributed by atoms with Crippen LogP contribution < -0.4 is 0 Å². The Morgan fingerprint density at radius 2 is 0.800 bits per heavy atom. The lowest BCUT2D eigenvalue weighted by atomic mass is 11.5. The summed E-state index contributed by atoms with van der Waals surface area (Å²) >= 11 is 0. The molecule has 0 atom stereocenters. The van der Waals surface area contributed by atoms with E-state index in [9.17, 15) is 0 Å². The molecule has 0 N–H and O–H groups in total. The molecule has 15 heavy (non-hydrogen) atoms. The zero-order valence-electron chi connectivity index (χ0n) is 10.7. The van der Waals surface area contributed by atoms with Crippen molar-refractivity contribution in [3.05, 3.63) is 0 Å². The molecule has 1 rings (SSSR count). The van der Waals surface area contributed by atoms with E-state index in [2.05, 4.69) is 21.1 Å². The van der Waals surface area contributed by atoms with Gasteiger partial charge in [0.05, 0.1) is 42.5 Å². The maximum atomic E-state index is 5.67. The third-order valence-corrected chi connectivity index (χ3v) is 11.9. The molecule has 1 aliphatic heterocycles. The molecule has 0 saturated carbocycles. The van der Waals surface area contributed by atoms with Crippen molar-refractivity contribution in [1.82, 2.24) is 0 Å². The van der Waals surface area contributed by atoms with Gasteiger partial charge in [0, 0.05) is 0 Å². The van der Waals surface area contributed by atoms with Gasteiger partial charge in [-0.25, -0.2) is 26.4 Å². The summed E-state index contributed by atoms with van der Waals surface area (Å²) in [6.45, 7) is 0. The summed E-state index contributed by atoms with van der Waals surface area (Å²) in [7, 11) is 10.5. The van der Waals surface area contributed by atoms with Gasteiger partial charge < -0.3 is 0 Å². The minimum Gasteiger partial charge on any atom is -0.236 e. The van der Waals surface area contributed by atoms with Crippen LogP contribution in [-0.2, 0) is 14.5 Å². The Kier molecular flexibility index (Phi) is 3.91. The van der Waals surface area contributed by atoms with E-state index in [0.717, 1.165) is 11.9 Å². The Morgan fingerprint density at radius 3 is 0.933 bits per heavy atom. The third kappa shape index (κ3) is 2.95. The molecule has 1 fully saturated rings. The van der Waals surface area contributed by atoms with Crippen molar-refractivity contribution < 1.29 is 26.4 Å². The van der Waals surface area contributed by atoms with Crippen molar-refractivity contribution >= 4 is 29.5 Å². The first-order valence-electron chi connectivity index (χ1n) is 5.01. The predicted octanol–water partition coefficient (Wildman–Crippen LogP) is -2.98. The van der Waals surface area contributed by atoms with Crippen LogP contribution in [0.1, 0.15) is 0 Å². The van der Waals surface area contributed by atoms with Crippen LogP contribution in [0.5, 0.6) is 0 Å². The maximum Gasteiger partial charge on any atom is 0.529 e. The zero-order valence-corrected chi connectivity index (χ0v) is 14.9. The lowest BCUT2D eigenvalue weighted by Crippen LogP contribution is -2.80. The molecule has 0 amide bonds. The van der Waals surface area contributed by atoms with Crippen LogP contribution in [0.15, 0.2) is 0 Å². The smallest absolute Gasteiger partial charge is 0.236 e. The molecule has 0 aromatic rings. The van der Waals surface area contributed by atoms with Crippen molar-refractivity contribution in [3.63, 3.8) is 0 Å². The van der Waals surface area contributed by atoms with Crippen molar-refractivity contribution in [1.29, 1.82) is 0 Å². The van der Waals surface area contributed by atoms with E-state index in [1.54, 1.807) is 21.3 Å². The molecule has 1 saturated heterocycles. The summed E-state index contributed by atoms with van der Waals surface area (Å²) in [6, 6.07) is 0. The summed E-state index contributed by atoms with van der Waals surface area (Å²) in [5.74, 6) is 0. The van der Waals surface area contributed by atoms with Gasteiger partial charge in [-0.2, -0.15) is 0 Å². The third-order valence-electron chi connectivity index (χ3n) is 3.12. The highest BCUT2D eigenvalue weighted by atomic mass is 28.4. The largest absolute Gasteiger partial charge is 0.529 e. The molecule has 0 aromatic carbocycles. The molecular weight excluding hydrogens is 246 g/mol. The first kappa shape index (κ1) is 13.5. The van der Waals surface area contributed by atoms with E-state index in [-0.39, 0.29) is 0 Å². The average Bonchev–Trinajstić information content (AvgIpc) is 2.16. The summed E-state index contributed by atoms with van der Waals surface area (Å²) in [6.07, 6.45) is 0. The van der Waals surface area contributed by atoms with Crippen molar-refractivity contribution in [3.8, 4) is 0 Å². The fourth-order valence-electron chi connectivity index (χ4n) is 2.38. The van der Waals surface area contributed by atoms with Crippen LogP contribution in [0.25, 0.3) is 0 Å². The summed E-state index contributed by atoms with van der Waals surface area (Å²) in [5, 5.41) is 0. The van der Waals surface area contributed by atoms with E-state index < -0.39 is 29.5 Å². The fraction of sp³-hybridized carbons (Fsp3) is 1.00. The van der Waals surface area contributed by atoms with Gasteiger partial charge >= 0.3 is 29.5 Å². The van der Waals surface area contributed by atoms with E-state index >= 15 is 0 Å². The van der Waals surface area contributed by atoms with Crippen molar-refractivity contribution in [2.24, 2.45) is 0 Å². The monoisotopic (exact) mass is 270 g/mol. The Morgan fingerprint density at radius 1 is 0.600 bits per heavy atom. The first-order chi connectivity index (χ1) is 6.80. The van der Waals surface area contributed by atoms with Gasteiger partial charge in [0.15, 0.2) is 0 Å². The van der Waals surface area contributed by atoms with E-state index in [1.165, 1.54) is 0 Å². The first-order valence-corrected chi connectivity index (χ1v) is 8.81. The minimum atomic E-state index is -0.476. The molecule has 0 spiro atoms. The lowest BCUT2D eigenvalue weighted by Gasteiger charge is -2.47. The number of hydroxylamine groups is 3. The molecule has 1 heterocycles. The second-order valence-corrected chi connectivity index (χ2v) is 16.4. The lowest BCUT2D eigenvalue weighted by molar-refractivity contribution is -1.10. The topological polar surface area (TPSA) is 27.7 Å². The second kappa shape index (κ2) is 4.35. The summed E-state index contributed by atoms with van der Waals surface area (Å²) in [4.78, 5) is 17.0. The molecule has 6 nitrogen and oxygen atoms in total. The minimum absolute atomic E-state index is 0.476. The Labute approximate surface area is 98.9 Å². The molecule has 90 valence electrons. The van der Waals surface area contributed by atoms with Crippen molar-refractivity contribution in [2.45, 2.75) is 0 Å². The molecular formula is C6H24N3O3Si3+3. The number of quaternary nitrogens is 3. The maximum absolute atomic E-state index is 5.67. The van der Waals surface area contributed by atoms with Gasteiger partial charge in [-0.05, 0) is 0 Å². The predicted molar refractivity (Wildman–Crippen MR) is 65.2 cm³/mol. The average molecular weight is 271 g/mol. The number of hydrogen-bond acceptors (Lipinski definition) is 3. The number of nitrogens with zero attached hydrogens (tertiary/aromatic N) is 3. The molecule has 0 aromatic heterocycles. The van der Waals surface area contributed by atoms with Crippen LogP contribution in [0.2, 0.25) is 0 Å². The van der Waals surface area contributed by atoms with Gasteiger partial charge in [-0.3, -0.25) is 0 Å². The van der Waals surface area contributed by atoms with Crippen LogP contribution in [0, 0.1) is 0 Å². The van der Waals surface area contributed by atoms with E-state index in [1.807, 2.05) is 0 Å². The number of rotatable bonds is 3. The summed E-state index contributed by atoms with van der Waals surface area (Å²) < 4.78 is 2.34. The summed E-state index contributed by atoms with van der Waals surface area (Å²) in [5.41, 5.74) is 0. The van der Waals surface area contributed by atoms with E-state index in [0.29, 0.717) is 0 Å². The van der Waals surface area contributed by atoms with Crippen LogP contribution in [0.4, 0.5) is 0 Å². The van der Waals surface area contributed by atoms with Crippen LogP contribution in [-0.4, -0.2) is 83.9 Å². The standard InChI is InChI=1S/C6H24N3O3Si3/c1-7(10-4)13-8(2,11-5)15-9(3,12-6)14-7/h13-15H2,1-6H3/q+3. The van der Waals surface area contributed by atoms with Crippen molar-refractivity contribution in [2.75, 3.05) is 42.5 Å². The molecule has 0 radical (unpaired) electrons. The van der Waals surface area contributed by atoms with Gasteiger partial charge in [0.1, 0.15) is 0 Å².